The molecule has 1 aliphatic heterocycles. The van der Waals surface area contributed by atoms with Crippen molar-refractivity contribution in [3.8, 4) is 0 Å². The highest BCUT2D eigenvalue weighted by molar-refractivity contribution is 7.99. The van der Waals surface area contributed by atoms with E-state index in [1.807, 2.05) is 11.8 Å². The summed E-state index contributed by atoms with van der Waals surface area (Å²) in [6.07, 6.45) is 1.64. The van der Waals surface area contributed by atoms with Crippen LogP contribution < -0.4 is 10.5 Å². The van der Waals surface area contributed by atoms with Gasteiger partial charge in [-0.3, -0.25) is 0 Å². The van der Waals surface area contributed by atoms with Gasteiger partial charge < -0.3 is 5.73 Å². The maximum absolute atomic E-state index is 13.0. The SMILES string of the molecule is Nc1cc(S(=O)(=O)NC2CCSCC2)ccc1F. The van der Waals surface area contributed by atoms with Crippen LogP contribution in [-0.2, 0) is 10.0 Å². The number of benzene rings is 1. The fourth-order valence-corrected chi connectivity index (χ4v) is 4.24. The molecule has 0 bridgehead atoms. The molecule has 3 N–H and O–H groups in total. The first-order valence-corrected chi connectivity index (χ1v) is 8.28. The normalized spacial score (nSPS) is 17.8. The Balaban J connectivity index is 2.16. The van der Waals surface area contributed by atoms with Crippen molar-refractivity contribution >= 4 is 27.5 Å². The van der Waals surface area contributed by atoms with Crippen molar-refractivity contribution in [3.05, 3.63) is 24.0 Å². The Morgan fingerprint density at radius 1 is 1.33 bits per heavy atom. The molecule has 18 heavy (non-hydrogen) atoms. The summed E-state index contributed by atoms with van der Waals surface area (Å²) in [6, 6.07) is 3.41. The molecule has 0 amide bonds. The molecule has 0 radical (unpaired) electrons. The van der Waals surface area contributed by atoms with E-state index in [1.54, 1.807) is 0 Å². The van der Waals surface area contributed by atoms with Crippen LogP contribution in [0.3, 0.4) is 0 Å². The lowest BCUT2D eigenvalue weighted by Gasteiger charge is -2.22. The highest BCUT2D eigenvalue weighted by Crippen LogP contribution is 2.21. The van der Waals surface area contributed by atoms with Gasteiger partial charge in [0.1, 0.15) is 5.82 Å². The second kappa shape index (κ2) is 5.46. The maximum Gasteiger partial charge on any atom is 0.240 e. The van der Waals surface area contributed by atoms with E-state index in [-0.39, 0.29) is 16.6 Å². The first-order chi connectivity index (χ1) is 8.49. The molecule has 2 rings (SSSR count). The molecule has 0 atom stereocenters. The van der Waals surface area contributed by atoms with Crippen molar-refractivity contribution in [1.29, 1.82) is 0 Å². The number of hydrogen-bond donors (Lipinski definition) is 2. The van der Waals surface area contributed by atoms with Crippen LogP contribution in [0.5, 0.6) is 0 Å². The molecule has 0 aromatic heterocycles. The summed E-state index contributed by atoms with van der Waals surface area (Å²) in [7, 11) is -3.61. The molecule has 1 aromatic carbocycles. The van der Waals surface area contributed by atoms with Crippen LogP contribution in [0.25, 0.3) is 0 Å². The Hall–Kier alpha value is -0.790. The van der Waals surface area contributed by atoms with Crippen molar-refractivity contribution < 1.29 is 12.8 Å². The number of anilines is 1. The molecule has 1 fully saturated rings. The van der Waals surface area contributed by atoms with E-state index >= 15 is 0 Å². The lowest BCUT2D eigenvalue weighted by atomic mass is 10.2. The van der Waals surface area contributed by atoms with Crippen LogP contribution in [0.4, 0.5) is 10.1 Å². The van der Waals surface area contributed by atoms with Gasteiger partial charge in [-0.05, 0) is 42.5 Å². The van der Waals surface area contributed by atoms with Crippen molar-refractivity contribution in [2.75, 3.05) is 17.2 Å². The van der Waals surface area contributed by atoms with E-state index in [2.05, 4.69) is 4.72 Å². The second-order valence-corrected chi connectivity index (χ2v) is 7.13. The third-order valence-corrected chi connectivity index (χ3v) is 5.39. The number of halogens is 1. The number of hydrogen-bond acceptors (Lipinski definition) is 4. The van der Waals surface area contributed by atoms with Crippen LogP contribution in [0.1, 0.15) is 12.8 Å². The van der Waals surface area contributed by atoms with Gasteiger partial charge in [-0.2, -0.15) is 11.8 Å². The van der Waals surface area contributed by atoms with Crippen LogP contribution in [-0.4, -0.2) is 26.0 Å². The minimum atomic E-state index is -3.61. The monoisotopic (exact) mass is 290 g/mol. The molecule has 0 spiro atoms. The molecule has 1 aliphatic rings. The van der Waals surface area contributed by atoms with Gasteiger partial charge in [-0.1, -0.05) is 0 Å². The van der Waals surface area contributed by atoms with E-state index in [9.17, 15) is 12.8 Å². The fourth-order valence-electron chi connectivity index (χ4n) is 1.79. The minimum absolute atomic E-state index is 0.0135. The standard InChI is InChI=1S/C11H15FN2O2S2/c12-10-2-1-9(7-11(10)13)18(15,16)14-8-3-5-17-6-4-8/h1-2,7-8,14H,3-6,13H2. The Morgan fingerprint density at radius 3 is 2.61 bits per heavy atom. The Morgan fingerprint density at radius 2 is 2.00 bits per heavy atom. The van der Waals surface area contributed by atoms with E-state index in [0.717, 1.165) is 36.5 Å². The number of nitrogen functional groups attached to an aromatic ring is 1. The van der Waals surface area contributed by atoms with E-state index in [0.29, 0.717) is 0 Å². The summed E-state index contributed by atoms with van der Waals surface area (Å²) in [5, 5.41) is 0. The average molecular weight is 290 g/mol. The zero-order chi connectivity index (χ0) is 13.2. The molecule has 100 valence electrons. The van der Waals surface area contributed by atoms with Crippen LogP contribution in [0, 0.1) is 5.82 Å². The molecule has 4 nitrogen and oxygen atoms in total. The van der Waals surface area contributed by atoms with Crippen molar-refractivity contribution in [2.45, 2.75) is 23.8 Å². The first kappa shape index (κ1) is 13.6. The van der Waals surface area contributed by atoms with Crippen LogP contribution in [0.15, 0.2) is 23.1 Å². The molecule has 1 saturated heterocycles. The smallest absolute Gasteiger partial charge is 0.240 e. The van der Waals surface area contributed by atoms with E-state index in [4.69, 9.17) is 5.73 Å². The Bertz CT molecular complexity index is 528. The zero-order valence-corrected chi connectivity index (χ0v) is 11.4. The molecular formula is C11H15FN2O2S2. The summed E-state index contributed by atoms with van der Waals surface area (Å²) in [5.41, 5.74) is 5.22. The van der Waals surface area contributed by atoms with E-state index < -0.39 is 15.8 Å². The molecule has 1 aromatic rings. The summed E-state index contributed by atoms with van der Waals surface area (Å²) >= 11 is 1.82. The lowest BCUT2D eigenvalue weighted by molar-refractivity contribution is 0.528. The molecule has 0 aliphatic carbocycles. The van der Waals surface area contributed by atoms with Crippen molar-refractivity contribution in [1.82, 2.24) is 4.72 Å². The number of thioether (sulfide) groups is 1. The van der Waals surface area contributed by atoms with Gasteiger partial charge in [-0.15, -0.1) is 0 Å². The number of sulfonamides is 1. The van der Waals surface area contributed by atoms with E-state index in [1.165, 1.54) is 6.07 Å². The third-order valence-electron chi connectivity index (χ3n) is 2.82. The van der Waals surface area contributed by atoms with Crippen LogP contribution >= 0.6 is 11.8 Å². The van der Waals surface area contributed by atoms with Gasteiger partial charge in [0.15, 0.2) is 0 Å². The highest BCUT2D eigenvalue weighted by Gasteiger charge is 2.22. The topological polar surface area (TPSA) is 72.2 Å². The van der Waals surface area contributed by atoms with Crippen LogP contribution in [0.2, 0.25) is 0 Å². The third kappa shape index (κ3) is 3.15. The highest BCUT2D eigenvalue weighted by atomic mass is 32.2. The quantitative estimate of drug-likeness (QED) is 0.829. The first-order valence-electron chi connectivity index (χ1n) is 5.64. The minimum Gasteiger partial charge on any atom is -0.396 e. The van der Waals surface area contributed by atoms with Gasteiger partial charge in [0.25, 0.3) is 0 Å². The van der Waals surface area contributed by atoms with Gasteiger partial charge in [0, 0.05) is 6.04 Å². The number of nitrogens with one attached hydrogen (secondary N) is 1. The van der Waals surface area contributed by atoms with Gasteiger partial charge in [-0.25, -0.2) is 17.5 Å². The Labute approximate surface area is 110 Å². The fraction of sp³-hybridized carbons (Fsp3) is 0.455. The summed E-state index contributed by atoms with van der Waals surface area (Å²) in [5.74, 6) is 1.31. The largest absolute Gasteiger partial charge is 0.396 e. The van der Waals surface area contributed by atoms with Gasteiger partial charge in [0.05, 0.1) is 10.6 Å². The lowest BCUT2D eigenvalue weighted by Crippen LogP contribution is -2.37. The predicted molar refractivity (Wildman–Crippen MR) is 71.5 cm³/mol. The second-order valence-electron chi connectivity index (χ2n) is 4.19. The maximum atomic E-state index is 13.0. The average Bonchev–Trinajstić information content (AvgIpc) is 2.33. The number of rotatable bonds is 3. The number of nitrogens with two attached hydrogens (primary N) is 1. The van der Waals surface area contributed by atoms with Gasteiger partial charge >= 0.3 is 0 Å². The molecule has 0 saturated carbocycles. The van der Waals surface area contributed by atoms with Gasteiger partial charge in [0.2, 0.25) is 10.0 Å². The predicted octanol–water partition coefficient (Wildman–Crippen LogP) is 1.58. The van der Waals surface area contributed by atoms with Crippen molar-refractivity contribution in [3.63, 3.8) is 0 Å². The summed E-state index contributed by atoms with van der Waals surface area (Å²) < 4.78 is 39.8. The van der Waals surface area contributed by atoms with Crippen molar-refractivity contribution in [2.24, 2.45) is 0 Å². The summed E-state index contributed by atoms with van der Waals surface area (Å²) in [4.78, 5) is 0.0135. The molecule has 0 unspecified atom stereocenters. The molecule has 7 heteroatoms. The zero-order valence-electron chi connectivity index (χ0n) is 9.73. The molecular weight excluding hydrogens is 275 g/mol. The summed E-state index contributed by atoms with van der Waals surface area (Å²) in [6.45, 7) is 0. The molecule has 1 heterocycles. The Kier molecular flexibility index (Phi) is 4.14.